The van der Waals surface area contributed by atoms with Gasteiger partial charge in [0.2, 0.25) is 0 Å². The van der Waals surface area contributed by atoms with Crippen LogP contribution >= 0.6 is 0 Å². The van der Waals surface area contributed by atoms with Crippen LogP contribution in [0.2, 0.25) is 0 Å². The Kier molecular flexibility index (Phi) is 8.40. The van der Waals surface area contributed by atoms with Crippen LogP contribution in [0.15, 0.2) is 78.9 Å². The Morgan fingerprint density at radius 2 is 1.38 bits per heavy atom. The van der Waals surface area contributed by atoms with E-state index in [4.69, 9.17) is 4.74 Å². The Hall–Kier alpha value is -3.64. The summed E-state index contributed by atoms with van der Waals surface area (Å²) in [6, 6.07) is 24.6. The van der Waals surface area contributed by atoms with Gasteiger partial charge in [-0.15, -0.1) is 0 Å². The maximum atomic E-state index is 12.7. The first kappa shape index (κ1) is 23.0. The van der Waals surface area contributed by atoms with Gasteiger partial charge in [-0.05, 0) is 42.7 Å². The minimum Gasteiger partial charge on any atom is -0.372 e. The van der Waals surface area contributed by atoms with Crippen molar-refractivity contribution in [2.45, 2.75) is 39.6 Å². The molecule has 3 N–H and O–H groups in total. The van der Waals surface area contributed by atoms with Crippen molar-refractivity contribution < 1.29 is 14.3 Å². The summed E-state index contributed by atoms with van der Waals surface area (Å²) in [6.45, 7) is 5.23. The van der Waals surface area contributed by atoms with E-state index in [0.29, 0.717) is 31.0 Å². The average Bonchev–Trinajstić information content (AvgIpc) is 2.79. The lowest BCUT2D eigenvalue weighted by molar-refractivity contribution is 0.0951. The molecule has 0 saturated heterocycles. The van der Waals surface area contributed by atoms with E-state index < -0.39 is 0 Å². The number of carbonyl (C=O) groups excluding carboxylic acids is 2. The minimum absolute atomic E-state index is 0.00250. The van der Waals surface area contributed by atoms with Crippen LogP contribution in [-0.2, 0) is 24.5 Å². The minimum atomic E-state index is -0.342. The van der Waals surface area contributed by atoms with E-state index in [2.05, 4.69) is 16.0 Å². The van der Waals surface area contributed by atoms with Crippen molar-refractivity contribution in [2.75, 3.05) is 5.32 Å². The van der Waals surface area contributed by atoms with E-state index in [1.807, 2.05) is 68.4 Å². The first-order chi connectivity index (χ1) is 15.5. The molecule has 32 heavy (non-hydrogen) atoms. The molecule has 166 valence electrons. The van der Waals surface area contributed by atoms with Crippen LogP contribution in [0.3, 0.4) is 0 Å². The smallest absolute Gasteiger partial charge is 0.319 e. The summed E-state index contributed by atoms with van der Waals surface area (Å²) >= 11 is 0. The standard InChI is InChI=1S/C26H29N3O3/c1-19(2)28-26(31)29-24-11-7-6-10-23(24)25(30)27-16-20-12-14-22(15-13-20)18-32-17-21-8-4-3-5-9-21/h3-15,19H,16-18H2,1-2H3,(H,27,30)(H2,28,29,31). The first-order valence-electron chi connectivity index (χ1n) is 10.7. The van der Waals surface area contributed by atoms with Gasteiger partial charge in [0.05, 0.1) is 24.5 Å². The number of carbonyl (C=O) groups is 2. The van der Waals surface area contributed by atoms with Gasteiger partial charge in [-0.3, -0.25) is 4.79 Å². The number of hydrogen-bond donors (Lipinski definition) is 3. The van der Waals surface area contributed by atoms with Crippen LogP contribution in [-0.4, -0.2) is 18.0 Å². The molecule has 6 heteroatoms. The van der Waals surface area contributed by atoms with Crippen LogP contribution < -0.4 is 16.0 Å². The van der Waals surface area contributed by atoms with Crippen molar-refractivity contribution in [2.24, 2.45) is 0 Å². The highest BCUT2D eigenvalue weighted by Gasteiger charge is 2.13. The van der Waals surface area contributed by atoms with Crippen LogP contribution in [0.25, 0.3) is 0 Å². The van der Waals surface area contributed by atoms with Crippen molar-refractivity contribution in [1.82, 2.24) is 10.6 Å². The number of hydrogen-bond acceptors (Lipinski definition) is 3. The van der Waals surface area contributed by atoms with E-state index in [-0.39, 0.29) is 18.0 Å². The maximum Gasteiger partial charge on any atom is 0.319 e. The molecule has 0 heterocycles. The molecule has 6 nitrogen and oxygen atoms in total. The van der Waals surface area contributed by atoms with E-state index in [0.717, 1.165) is 16.7 Å². The predicted molar refractivity (Wildman–Crippen MR) is 126 cm³/mol. The van der Waals surface area contributed by atoms with Gasteiger partial charge in [-0.2, -0.15) is 0 Å². The summed E-state index contributed by atoms with van der Waals surface area (Å²) in [5, 5.41) is 8.40. The zero-order valence-electron chi connectivity index (χ0n) is 18.4. The van der Waals surface area contributed by atoms with Gasteiger partial charge in [0, 0.05) is 12.6 Å². The van der Waals surface area contributed by atoms with Crippen LogP contribution in [0, 0.1) is 0 Å². The van der Waals surface area contributed by atoms with Crippen molar-refractivity contribution in [1.29, 1.82) is 0 Å². The Morgan fingerprint density at radius 3 is 2.06 bits per heavy atom. The fourth-order valence-corrected chi connectivity index (χ4v) is 3.10. The number of benzene rings is 3. The summed E-state index contributed by atoms with van der Waals surface area (Å²) in [5.41, 5.74) is 4.07. The largest absolute Gasteiger partial charge is 0.372 e. The first-order valence-corrected chi connectivity index (χ1v) is 10.7. The van der Waals surface area contributed by atoms with Gasteiger partial charge in [-0.1, -0.05) is 66.7 Å². The third-order valence-corrected chi connectivity index (χ3v) is 4.70. The molecule has 0 radical (unpaired) electrons. The second kappa shape index (κ2) is 11.7. The molecule has 3 amide bonds. The third kappa shape index (κ3) is 7.25. The molecule has 0 aliphatic rings. The lowest BCUT2D eigenvalue weighted by Crippen LogP contribution is -2.35. The molecule has 0 unspecified atom stereocenters. The number of para-hydroxylation sites is 1. The normalized spacial score (nSPS) is 10.6. The van der Waals surface area contributed by atoms with Crippen LogP contribution in [0.1, 0.15) is 40.9 Å². The summed E-state index contributed by atoms with van der Waals surface area (Å²) < 4.78 is 5.76. The molecule has 0 aromatic heterocycles. The molecular formula is C26H29N3O3. The van der Waals surface area contributed by atoms with Crippen molar-refractivity contribution in [3.8, 4) is 0 Å². The van der Waals surface area contributed by atoms with E-state index in [1.54, 1.807) is 24.3 Å². The fourth-order valence-electron chi connectivity index (χ4n) is 3.10. The number of urea groups is 1. The van der Waals surface area contributed by atoms with Crippen molar-refractivity contribution in [3.05, 3.63) is 101 Å². The summed E-state index contributed by atoms with van der Waals surface area (Å²) in [4.78, 5) is 24.7. The Balaban J connectivity index is 1.50. The Labute approximate surface area is 189 Å². The Morgan fingerprint density at radius 1 is 0.781 bits per heavy atom. The molecule has 0 bridgehead atoms. The van der Waals surface area contributed by atoms with Crippen molar-refractivity contribution in [3.63, 3.8) is 0 Å². The quantitative estimate of drug-likeness (QED) is 0.453. The van der Waals surface area contributed by atoms with Gasteiger partial charge in [0.1, 0.15) is 0 Å². The number of anilines is 1. The highest BCUT2D eigenvalue weighted by Crippen LogP contribution is 2.15. The number of ether oxygens (including phenoxy) is 1. The molecule has 0 fully saturated rings. The molecular weight excluding hydrogens is 402 g/mol. The van der Waals surface area contributed by atoms with Gasteiger partial charge in [0.25, 0.3) is 5.91 Å². The average molecular weight is 432 g/mol. The van der Waals surface area contributed by atoms with E-state index in [1.165, 1.54) is 0 Å². The number of nitrogens with one attached hydrogen (secondary N) is 3. The fraction of sp³-hybridized carbons (Fsp3) is 0.231. The summed E-state index contributed by atoms with van der Waals surface area (Å²) in [7, 11) is 0. The van der Waals surface area contributed by atoms with Gasteiger partial charge in [0.15, 0.2) is 0 Å². The Bertz CT molecular complexity index is 1020. The molecule has 0 aliphatic carbocycles. The molecule has 3 aromatic rings. The zero-order valence-corrected chi connectivity index (χ0v) is 18.4. The topological polar surface area (TPSA) is 79.5 Å². The monoisotopic (exact) mass is 431 g/mol. The molecule has 0 spiro atoms. The molecule has 0 aliphatic heterocycles. The van der Waals surface area contributed by atoms with Gasteiger partial charge < -0.3 is 20.7 Å². The second-order valence-electron chi connectivity index (χ2n) is 7.78. The third-order valence-electron chi connectivity index (χ3n) is 4.70. The van der Waals surface area contributed by atoms with Crippen LogP contribution in [0.5, 0.6) is 0 Å². The second-order valence-corrected chi connectivity index (χ2v) is 7.78. The summed E-state index contributed by atoms with van der Waals surface area (Å²) in [5.74, 6) is -0.249. The van der Waals surface area contributed by atoms with Crippen molar-refractivity contribution >= 4 is 17.6 Å². The predicted octanol–water partition coefficient (Wildman–Crippen LogP) is 4.86. The SMILES string of the molecule is CC(C)NC(=O)Nc1ccccc1C(=O)NCc1ccc(COCc2ccccc2)cc1. The summed E-state index contributed by atoms with van der Waals surface area (Å²) in [6.07, 6.45) is 0. The van der Waals surface area contributed by atoms with Crippen LogP contribution in [0.4, 0.5) is 10.5 Å². The molecule has 3 aromatic carbocycles. The molecule has 0 saturated carbocycles. The highest BCUT2D eigenvalue weighted by atomic mass is 16.5. The number of rotatable bonds is 9. The lowest BCUT2D eigenvalue weighted by atomic mass is 10.1. The van der Waals surface area contributed by atoms with Gasteiger partial charge >= 0.3 is 6.03 Å². The molecule has 0 atom stereocenters. The molecule has 3 rings (SSSR count). The maximum absolute atomic E-state index is 12.7. The van der Waals surface area contributed by atoms with E-state index in [9.17, 15) is 9.59 Å². The number of amides is 3. The van der Waals surface area contributed by atoms with E-state index >= 15 is 0 Å². The highest BCUT2D eigenvalue weighted by molar-refractivity contribution is 6.03. The lowest BCUT2D eigenvalue weighted by Gasteiger charge is -2.13. The van der Waals surface area contributed by atoms with Gasteiger partial charge in [-0.25, -0.2) is 4.79 Å². The zero-order chi connectivity index (χ0) is 22.8.